The van der Waals surface area contributed by atoms with Crippen LogP contribution in [0.4, 0.5) is 0 Å². The molecule has 2 N–H and O–H groups in total. The molecule has 0 bridgehead atoms. The number of hydrogen-bond donors (Lipinski definition) is 2. The molecule has 7 nitrogen and oxygen atoms in total. The van der Waals surface area contributed by atoms with Gasteiger partial charge < -0.3 is 15.5 Å². The minimum atomic E-state index is -0.469. The fraction of sp³-hybridized carbons (Fsp3) is 0.556. The van der Waals surface area contributed by atoms with Gasteiger partial charge in [-0.25, -0.2) is 0 Å². The van der Waals surface area contributed by atoms with Gasteiger partial charge in [-0.15, -0.1) is 5.10 Å². The van der Waals surface area contributed by atoms with Crippen LogP contribution in [0.25, 0.3) is 0 Å². The first-order valence-electron chi connectivity index (χ1n) is 5.24. The third kappa shape index (κ3) is 2.42. The van der Waals surface area contributed by atoms with Gasteiger partial charge in [-0.2, -0.15) is 0 Å². The Labute approximate surface area is 102 Å². The minimum Gasteiger partial charge on any atom is -0.357 e. The van der Waals surface area contributed by atoms with Crippen LogP contribution in [0, 0.1) is 0 Å². The van der Waals surface area contributed by atoms with Crippen LogP contribution in [0.3, 0.4) is 0 Å². The van der Waals surface area contributed by atoms with E-state index in [1.54, 1.807) is 11.9 Å². The zero-order chi connectivity index (χ0) is 12.3. The van der Waals surface area contributed by atoms with Crippen molar-refractivity contribution in [1.82, 2.24) is 25.1 Å². The van der Waals surface area contributed by atoms with Crippen LogP contribution < -0.4 is 10.6 Å². The molecule has 2 amide bonds. The quantitative estimate of drug-likeness (QED) is 0.686. The lowest BCUT2D eigenvalue weighted by Gasteiger charge is -2.34. The van der Waals surface area contributed by atoms with Crippen molar-refractivity contribution in [2.24, 2.45) is 0 Å². The van der Waals surface area contributed by atoms with Crippen LogP contribution in [0.5, 0.6) is 0 Å². The highest BCUT2D eigenvalue weighted by molar-refractivity contribution is 7.07. The topological polar surface area (TPSA) is 87.2 Å². The molecule has 2 heterocycles. The predicted molar refractivity (Wildman–Crippen MR) is 61.7 cm³/mol. The van der Waals surface area contributed by atoms with E-state index in [1.807, 2.05) is 0 Å². The van der Waals surface area contributed by atoms with E-state index in [2.05, 4.69) is 20.2 Å². The molecule has 1 atom stereocenters. The summed E-state index contributed by atoms with van der Waals surface area (Å²) in [5.41, 5.74) is 0. The number of carbonyl (C=O) groups is 2. The van der Waals surface area contributed by atoms with E-state index in [0.29, 0.717) is 24.5 Å². The number of nitrogens with one attached hydrogen (secondary N) is 2. The Balaban J connectivity index is 2.16. The Morgan fingerprint density at radius 1 is 1.65 bits per heavy atom. The molecule has 0 spiro atoms. The van der Waals surface area contributed by atoms with E-state index in [4.69, 9.17) is 0 Å². The number of amides is 2. The normalized spacial score (nSPS) is 20.1. The van der Waals surface area contributed by atoms with Crippen molar-refractivity contribution >= 4 is 23.3 Å². The molecule has 92 valence electrons. The summed E-state index contributed by atoms with van der Waals surface area (Å²) >= 11 is 1.04. The predicted octanol–water partition coefficient (Wildman–Crippen LogP) is -1.30. The molecule has 1 unspecified atom stereocenters. The van der Waals surface area contributed by atoms with Crippen molar-refractivity contribution in [2.75, 3.05) is 26.7 Å². The van der Waals surface area contributed by atoms with Crippen LogP contribution in [-0.2, 0) is 4.79 Å². The summed E-state index contributed by atoms with van der Waals surface area (Å²) in [5.74, 6) is -0.349. The van der Waals surface area contributed by atoms with E-state index in [1.165, 1.54) is 6.20 Å². The first-order chi connectivity index (χ1) is 8.24. The molecule has 0 radical (unpaired) electrons. The van der Waals surface area contributed by atoms with Crippen molar-refractivity contribution < 1.29 is 9.59 Å². The smallest absolute Gasteiger partial charge is 0.268 e. The molecule has 1 aliphatic heterocycles. The molecule has 1 aliphatic rings. The molecule has 0 aliphatic carbocycles. The van der Waals surface area contributed by atoms with Gasteiger partial charge in [0.1, 0.15) is 10.9 Å². The van der Waals surface area contributed by atoms with E-state index < -0.39 is 6.04 Å². The summed E-state index contributed by atoms with van der Waals surface area (Å²) in [6.45, 7) is 1.66. The number of likely N-dealkylation sites (N-methyl/N-ethyl adjacent to an activating group) is 1. The number of nitrogens with zero attached hydrogens (tertiary/aromatic N) is 3. The highest BCUT2D eigenvalue weighted by atomic mass is 32.1. The van der Waals surface area contributed by atoms with E-state index in [-0.39, 0.29) is 11.8 Å². The standard InChI is InChI=1S/C9H13N5O2S/c1-10-8(15)6-4-11-2-3-14(6)9(16)7-5-12-13-17-7/h5-6,11H,2-4H2,1H3,(H,10,15). The number of carbonyl (C=O) groups excluding carboxylic acids is 2. The molecule has 0 aromatic carbocycles. The summed E-state index contributed by atoms with van der Waals surface area (Å²) in [6.07, 6.45) is 1.43. The number of piperazine rings is 1. The second-order valence-corrected chi connectivity index (χ2v) is 4.40. The first-order valence-corrected chi connectivity index (χ1v) is 6.02. The maximum absolute atomic E-state index is 12.1. The molecular formula is C9H13N5O2S. The Morgan fingerprint density at radius 3 is 3.12 bits per heavy atom. The maximum Gasteiger partial charge on any atom is 0.268 e. The first kappa shape index (κ1) is 11.9. The van der Waals surface area contributed by atoms with E-state index >= 15 is 0 Å². The van der Waals surface area contributed by atoms with Crippen molar-refractivity contribution in [3.8, 4) is 0 Å². The monoisotopic (exact) mass is 255 g/mol. The highest BCUT2D eigenvalue weighted by Gasteiger charge is 2.32. The number of hydrogen-bond acceptors (Lipinski definition) is 6. The van der Waals surface area contributed by atoms with E-state index in [0.717, 1.165) is 11.5 Å². The summed E-state index contributed by atoms with van der Waals surface area (Å²) in [6, 6.07) is -0.469. The highest BCUT2D eigenvalue weighted by Crippen LogP contribution is 2.12. The molecule has 8 heteroatoms. The zero-order valence-electron chi connectivity index (χ0n) is 9.34. The molecular weight excluding hydrogens is 242 g/mol. The van der Waals surface area contributed by atoms with Crippen molar-refractivity contribution in [1.29, 1.82) is 0 Å². The zero-order valence-corrected chi connectivity index (χ0v) is 10.2. The lowest BCUT2D eigenvalue weighted by molar-refractivity contribution is -0.125. The van der Waals surface area contributed by atoms with Crippen LogP contribution in [-0.4, -0.2) is 59.0 Å². The van der Waals surface area contributed by atoms with Gasteiger partial charge in [-0.05, 0) is 11.5 Å². The second kappa shape index (κ2) is 5.19. The van der Waals surface area contributed by atoms with Crippen molar-refractivity contribution in [3.05, 3.63) is 11.1 Å². The van der Waals surface area contributed by atoms with Gasteiger partial charge in [0, 0.05) is 26.7 Å². The molecule has 0 saturated carbocycles. The van der Waals surface area contributed by atoms with Crippen molar-refractivity contribution in [3.63, 3.8) is 0 Å². The largest absolute Gasteiger partial charge is 0.357 e. The average molecular weight is 255 g/mol. The van der Waals surface area contributed by atoms with Crippen LogP contribution in [0.2, 0.25) is 0 Å². The molecule has 1 aromatic rings. The van der Waals surface area contributed by atoms with Gasteiger partial charge >= 0.3 is 0 Å². The summed E-state index contributed by atoms with van der Waals surface area (Å²) in [4.78, 5) is 25.8. The molecule has 1 aromatic heterocycles. The lowest BCUT2D eigenvalue weighted by atomic mass is 10.1. The molecule has 1 saturated heterocycles. The lowest BCUT2D eigenvalue weighted by Crippen LogP contribution is -2.59. The molecule has 1 fully saturated rings. The Morgan fingerprint density at radius 2 is 2.47 bits per heavy atom. The minimum absolute atomic E-state index is 0.164. The van der Waals surface area contributed by atoms with Gasteiger partial charge in [0.15, 0.2) is 0 Å². The molecule has 2 rings (SSSR count). The van der Waals surface area contributed by atoms with Gasteiger partial charge in [-0.3, -0.25) is 9.59 Å². The summed E-state index contributed by atoms with van der Waals surface area (Å²) in [7, 11) is 1.56. The summed E-state index contributed by atoms with van der Waals surface area (Å²) < 4.78 is 3.66. The van der Waals surface area contributed by atoms with Crippen LogP contribution >= 0.6 is 11.5 Å². The number of aromatic nitrogens is 2. The average Bonchev–Trinajstić information content (AvgIpc) is 2.91. The van der Waals surface area contributed by atoms with Gasteiger partial charge in [0.25, 0.3) is 5.91 Å². The maximum atomic E-state index is 12.1. The SMILES string of the molecule is CNC(=O)C1CNCCN1C(=O)c1cnns1. The van der Waals surface area contributed by atoms with Crippen LogP contribution in [0.1, 0.15) is 9.67 Å². The van der Waals surface area contributed by atoms with Crippen molar-refractivity contribution in [2.45, 2.75) is 6.04 Å². The number of rotatable bonds is 2. The third-order valence-electron chi connectivity index (χ3n) is 2.63. The fourth-order valence-electron chi connectivity index (χ4n) is 1.75. The fourth-order valence-corrected chi connectivity index (χ4v) is 2.22. The summed E-state index contributed by atoms with van der Waals surface area (Å²) in [5, 5.41) is 9.29. The second-order valence-electron chi connectivity index (χ2n) is 3.61. The third-order valence-corrected chi connectivity index (χ3v) is 3.28. The van der Waals surface area contributed by atoms with Gasteiger partial charge in [0.2, 0.25) is 5.91 Å². The Kier molecular flexibility index (Phi) is 3.64. The Hall–Kier alpha value is -1.54. The van der Waals surface area contributed by atoms with Crippen LogP contribution in [0.15, 0.2) is 6.20 Å². The van der Waals surface area contributed by atoms with Gasteiger partial charge in [0.05, 0.1) is 6.20 Å². The van der Waals surface area contributed by atoms with E-state index in [9.17, 15) is 9.59 Å². The Bertz CT molecular complexity index is 408. The molecule has 17 heavy (non-hydrogen) atoms. The van der Waals surface area contributed by atoms with Gasteiger partial charge in [-0.1, -0.05) is 4.49 Å².